The van der Waals surface area contributed by atoms with Gasteiger partial charge in [-0.15, -0.1) is 0 Å². The van der Waals surface area contributed by atoms with Crippen LogP contribution < -0.4 is 10.6 Å². The lowest BCUT2D eigenvalue weighted by molar-refractivity contribution is -0.122. The molecule has 0 aromatic rings. The Balaban J connectivity index is 2.15. The fourth-order valence-corrected chi connectivity index (χ4v) is 1.85. The van der Waals surface area contributed by atoms with Crippen molar-refractivity contribution in [2.75, 3.05) is 39.8 Å². The van der Waals surface area contributed by atoms with Crippen molar-refractivity contribution < 1.29 is 9.53 Å². The molecule has 0 saturated carbocycles. The molecule has 1 unspecified atom stereocenters. The van der Waals surface area contributed by atoms with Gasteiger partial charge in [-0.3, -0.25) is 4.79 Å². The van der Waals surface area contributed by atoms with Crippen molar-refractivity contribution in [3.05, 3.63) is 0 Å². The molecule has 1 aliphatic rings. The second kappa shape index (κ2) is 7.07. The lowest BCUT2D eigenvalue weighted by atomic mass is 10.0. The van der Waals surface area contributed by atoms with E-state index in [1.807, 2.05) is 13.8 Å². The number of carbonyl (C=O) groups excluding carboxylic acids is 1. The van der Waals surface area contributed by atoms with Gasteiger partial charge in [0.15, 0.2) is 0 Å². The first-order valence-electron chi connectivity index (χ1n) is 6.75. The molecule has 0 aromatic heterocycles. The number of ether oxygens (including phenoxy) is 1. The van der Waals surface area contributed by atoms with Gasteiger partial charge in [-0.1, -0.05) is 6.92 Å². The molecule has 1 saturated heterocycles. The third kappa shape index (κ3) is 5.80. The predicted molar refractivity (Wildman–Crippen MR) is 72.6 cm³/mol. The van der Waals surface area contributed by atoms with E-state index in [4.69, 9.17) is 4.74 Å². The van der Waals surface area contributed by atoms with Crippen LogP contribution in [0.3, 0.4) is 0 Å². The first kappa shape index (κ1) is 15.4. The average molecular weight is 257 g/mol. The van der Waals surface area contributed by atoms with E-state index in [1.165, 1.54) is 0 Å². The summed E-state index contributed by atoms with van der Waals surface area (Å²) < 4.78 is 5.62. The summed E-state index contributed by atoms with van der Waals surface area (Å²) in [5, 5.41) is 6.16. The van der Waals surface area contributed by atoms with Crippen LogP contribution in [-0.2, 0) is 9.53 Å². The Morgan fingerprint density at radius 2 is 2.22 bits per heavy atom. The molecule has 1 aliphatic heterocycles. The molecule has 1 fully saturated rings. The second-order valence-electron chi connectivity index (χ2n) is 5.67. The van der Waals surface area contributed by atoms with Gasteiger partial charge in [-0.25, -0.2) is 0 Å². The fourth-order valence-electron chi connectivity index (χ4n) is 1.85. The molecule has 1 amide bonds. The number of hydrogen-bond donors (Lipinski definition) is 2. The van der Waals surface area contributed by atoms with E-state index in [9.17, 15) is 4.79 Å². The zero-order chi connectivity index (χ0) is 13.6. The van der Waals surface area contributed by atoms with Crippen LogP contribution in [0, 0.1) is 0 Å². The number of nitrogens with zero attached hydrogens (tertiary/aromatic N) is 1. The van der Waals surface area contributed by atoms with Crippen LogP contribution in [0.5, 0.6) is 0 Å². The Morgan fingerprint density at radius 3 is 2.83 bits per heavy atom. The quantitative estimate of drug-likeness (QED) is 0.714. The van der Waals surface area contributed by atoms with Gasteiger partial charge in [0.2, 0.25) is 5.91 Å². The van der Waals surface area contributed by atoms with Gasteiger partial charge >= 0.3 is 0 Å². The van der Waals surface area contributed by atoms with Gasteiger partial charge in [0, 0.05) is 25.2 Å². The molecule has 5 heteroatoms. The van der Waals surface area contributed by atoms with Crippen molar-refractivity contribution in [2.24, 2.45) is 0 Å². The molecule has 1 heterocycles. The maximum Gasteiger partial charge on any atom is 0.234 e. The van der Waals surface area contributed by atoms with Gasteiger partial charge < -0.3 is 20.3 Å². The Hall–Kier alpha value is -0.650. The van der Waals surface area contributed by atoms with E-state index >= 15 is 0 Å². The van der Waals surface area contributed by atoms with Crippen molar-refractivity contribution in [1.82, 2.24) is 15.5 Å². The molecule has 0 aromatic carbocycles. The second-order valence-corrected chi connectivity index (χ2v) is 5.67. The molecule has 0 radical (unpaired) electrons. The van der Waals surface area contributed by atoms with Crippen molar-refractivity contribution in [2.45, 2.75) is 38.8 Å². The van der Waals surface area contributed by atoms with Gasteiger partial charge in [-0.2, -0.15) is 0 Å². The van der Waals surface area contributed by atoms with Crippen LogP contribution >= 0.6 is 0 Å². The summed E-state index contributed by atoms with van der Waals surface area (Å²) in [6.45, 7) is 9.90. The molecule has 2 N–H and O–H groups in total. The molecule has 1 rings (SSSR count). The normalized spacial score (nSPS) is 21.9. The minimum absolute atomic E-state index is 0.0472. The topological polar surface area (TPSA) is 53.6 Å². The lowest BCUT2D eigenvalue weighted by Gasteiger charge is -2.30. The molecule has 1 atom stereocenters. The zero-order valence-corrected chi connectivity index (χ0v) is 12.1. The van der Waals surface area contributed by atoms with Crippen molar-refractivity contribution in [3.8, 4) is 0 Å². The molecule has 0 aliphatic carbocycles. The molecule has 106 valence electrons. The first-order valence-corrected chi connectivity index (χ1v) is 6.75. The number of carbonyl (C=O) groups is 1. The van der Waals surface area contributed by atoms with Crippen molar-refractivity contribution in [3.63, 3.8) is 0 Å². The summed E-state index contributed by atoms with van der Waals surface area (Å²) in [5.41, 5.74) is -0.125. The van der Waals surface area contributed by atoms with Gasteiger partial charge in [-0.05, 0) is 27.3 Å². The molecular weight excluding hydrogens is 230 g/mol. The third-order valence-electron chi connectivity index (χ3n) is 3.36. The number of morpholine rings is 1. The third-order valence-corrected chi connectivity index (χ3v) is 3.36. The van der Waals surface area contributed by atoms with Gasteiger partial charge in [0.1, 0.15) is 0 Å². The largest absolute Gasteiger partial charge is 0.374 e. The Bertz CT molecular complexity index is 269. The molecule has 18 heavy (non-hydrogen) atoms. The lowest BCUT2D eigenvalue weighted by Crippen LogP contribution is -2.49. The maximum absolute atomic E-state index is 11.7. The average Bonchev–Trinajstić information content (AvgIpc) is 2.28. The summed E-state index contributed by atoms with van der Waals surface area (Å²) in [5.74, 6) is 0.0472. The molecular formula is C13H27N3O2. The SMILES string of the molecule is CCC(C)(C)NC(=O)CNCC1CN(C)CCO1. The number of amides is 1. The Kier molecular flexibility index (Phi) is 6.05. The fraction of sp³-hybridized carbons (Fsp3) is 0.923. The number of rotatable bonds is 6. The highest BCUT2D eigenvalue weighted by molar-refractivity contribution is 5.78. The maximum atomic E-state index is 11.7. The van der Waals surface area contributed by atoms with Crippen LogP contribution in [0.2, 0.25) is 0 Å². The summed E-state index contributed by atoms with van der Waals surface area (Å²) in [7, 11) is 2.09. The Morgan fingerprint density at radius 1 is 1.50 bits per heavy atom. The molecule has 0 bridgehead atoms. The predicted octanol–water partition coefficient (Wildman–Crippen LogP) is 0.211. The van der Waals surface area contributed by atoms with Crippen molar-refractivity contribution in [1.29, 1.82) is 0 Å². The van der Waals surface area contributed by atoms with Gasteiger partial charge in [0.05, 0.1) is 19.3 Å². The minimum Gasteiger partial charge on any atom is -0.374 e. The smallest absolute Gasteiger partial charge is 0.234 e. The number of nitrogens with one attached hydrogen (secondary N) is 2. The van der Waals surface area contributed by atoms with Crippen LogP contribution in [0.1, 0.15) is 27.2 Å². The number of hydrogen-bond acceptors (Lipinski definition) is 4. The molecule has 5 nitrogen and oxygen atoms in total. The van der Waals surface area contributed by atoms with Crippen LogP contribution in [0.25, 0.3) is 0 Å². The summed E-state index contributed by atoms with van der Waals surface area (Å²) >= 11 is 0. The highest BCUT2D eigenvalue weighted by atomic mass is 16.5. The van der Waals surface area contributed by atoms with Gasteiger partial charge in [0.25, 0.3) is 0 Å². The van der Waals surface area contributed by atoms with E-state index < -0.39 is 0 Å². The van der Waals surface area contributed by atoms with Crippen LogP contribution in [0.4, 0.5) is 0 Å². The van der Waals surface area contributed by atoms with Crippen LogP contribution in [-0.4, -0.2) is 62.3 Å². The highest BCUT2D eigenvalue weighted by Gasteiger charge is 2.19. The monoisotopic (exact) mass is 257 g/mol. The summed E-state index contributed by atoms with van der Waals surface area (Å²) in [6.07, 6.45) is 1.12. The number of likely N-dealkylation sites (N-methyl/N-ethyl adjacent to an activating group) is 1. The van der Waals surface area contributed by atoms with Crippen molar-refractivity contribution >= 4 is 5.91 Å². The summed E-state index contributed by atoms with van der Waals surface area (Å²) in [6, 6.07) is 0. The Labute approximate surface area is 110 Å². The van der Waals surface area contributed by atoms with E-state index in [2.05, 4.69) is 29.5 Å². The van der Waals surface area contributed by atoms with Crippen LogP contribution in [0.15, 0.2) is 0 Å². The summed E-state index contributed by atoms with van der Waals surface area (Å²) in [4.78, 5) is 13.9. The molecule has 0 spiro atoms. The van der Waals surface area contributed by atoms with E-state index in [-0.39, 0.29) is 17.6 Å². The van der Waals surface area contributed by atoms with E-state index in [0.29, 0.717) is 6.54 Å². The minimum atomic E-state index is -0.125. The standard InChI is InChI=1S/C13H27N3O2/c1-5-13(2,3)15-12(17)9-14-8-11-10-16(4)6-7-18-11/h11,14H,5-10H2,1-4H3,(H,15,17). The first-order chi connectivity index (χ1) is 8.43. The van der Waals surface area contributed by atoms with E-state index in [0.717, 1.165) is 32.7 Å². The highest BCUT2D eigenvalue weighted by Crippen LogP contribution is 2.06. The zero-order valence-electron chi connectivity index (χ0n) is 12.1. The van der Waals surface area contributed by atoms with E-state index in [1.54, 1.807) is 0 Å².